The number of rotatable bonds is 5. The first-order valence-corrected chi connectivity index (χ1v) is 13.7. The number of halogens is 1. The number of nitrogens with zero attached hydrogens (tertiary/aromatic N) is 1. The van der Waals surface area contributed by atoms with E-state index >= 15 is 0 Å². The Balaban J connectivity index is 1.56. The molecule has 4 atom stereocenters. The quantitative estimate of drug-likeness (QED) is 0.328. The van der Waals surface area contributed by atoms with Crippen LogP contribution in [0.25, 0.3) is 5.57 Å². The molecule has 3 aromatic rings. The summed E-state index contributed by atoms with van der Waals surface area (Å²) >= 11 is 3.83. The standard InChI is InChI=1S/C32H36BrNO/c1-23-18-19-28-30(22-23)35-31(27-16-10-11-17-29(27)33)34(32(28,2)3)21-20-26(24-12-6-4-7-13-24)25-14-8-5-9-15-25/h4-17,20,23,28,30-31H,18-19,21-22H2,1-3H3/t23-,28-,30-,31+/m1/s1. The minimum Gasteiger partial charge on any atom is -0.355 e. The van der Waals surface area contributed by atoms with Gasteiger partial charge in [0, 0.05) is 28.0 Å². The van der Waals surface area contributed by atoms with E-state index in [1.165, 1.54) is 35.1 Å². The predicted octanol–water partition coefficient (Wildman–Crippen LogP) is 8.50. The molecule has 2 nitrogen and oxygen atoms in total. The average Bonchev–Trinajstić information content (AvgIpc) is 2.86. The molecule has 1 aliphatic heterocycles. The second-order valence-electron chi connectivity index (χ2n) is 10.7. The van der Waals surface area contributed by atoms with Gasteiger partial charge in [-0.1, -0.05) is 114 Å². The molecule has 1 aliphatic carbocycles. The van der Waals surface area contributed by atoms with Crippen LogP contribution in [-0.4, -0.2) is 23.1 Å². The van der Waals surface area contributed by atoms with Crippen molar-refractivity contribution in [2.24, 2.45) is 11.8 Å². The summed E-state index contributed by atoms with van der Waals surface area (Å²) in [6.45, 7) is 8.06. The zero-order valence-corrected chi connectivity index (χ0v) is 22.6. The first kappa shape index (κ1) is 24.5. The smallest absolute Gasteiger partial charge is 0.138 e. The highest BCUT2D eigenvalue weighted by atomic mass is 79.9. The van der Waals surface area contributed by atoms with E-state index in [1.807, 2.05) is 0 Å². The Hall–Kier alpha value is -2.20. The SMILES string of the molecule is C[C@@H]1CC[C@@H]2[C@@H](C1)O[C@@H](c1ccccc1Br)N(CC=C(c1ccccc1)c1ccccc1)C2(C)C. The van der Waals surface area contributed by atoms with Crippen LogP contribution in [0.4, 0.5) is 0 Å². The molecule has 2 aliphatic rings. The fourth-order valence-corrected chi connectivity index (χ4v) is 6.60. The van der Waals surface area contributed by atoms with Gasteiger partial charge in [0.1, 0.15) is 6.23 Å². The molecule has 2 fully saturated rings. The van der Waals surface area contributed by atoms with E-state index in [9.17, 15) is 0 Å². The van der Waals surface area contributed by atoms with E-state index in [4.69, 9.17) is 4.74 Å². The molecule has 0 spiro atoms. The van der Waals surface area contributed by atoms with Crippen molar-refractivity contribution >= 4 is 21.5 Å². The molecule has 0 unspecified atom stereocenters. The second-order valence-corrected chi connectivity index (χ2v) is 11.6. The van der Waals surface area contributed by atoms with Crippen molar-refractivity contribution in [3.8, 4) is 0 Å². The van der Waals surface area contributed by atoms with Crippen LogP contribution in [0.2, 0.25) is 0 Å². The molecule has 3 aromatic carbocycles. The van der Waals surface area contributed by atoms with Crippen LogP contribution in [0.1, 0.15) is 63.0 Å². The third-order valence-electron chi connectivity index (χ3n) is 8.12. The molecule has 5 rings (SSSR count). The predicted molar refractivity (Wildman–Crippen MR) is 149 cm³/mol. The topological polar surface area (TPSA) is 12.5 Å². The summed E-state index contributed by atoms with van der Waals surface area (Å²) < 4.78 is 8.10. The molecule has 1 heterocycles. The van der Waals surface area contributed by atoms with Crippen LogP contribution >= 0.6 is 15.9 Å². The van der Waals surface area contributed by atoms with Gasteiger partial charge in [-0.15, -0.1) is 0 Å². The molecule has 0 amide bonds. The molecule has 0 bridgehead atoms. The Morgan fingerprint density at radius 3 is 2.14 bits per heavy atom. The first-order chi connectivity index (χ1) is 16.9. The summed E-state index contributed by atoms with van der Waals surface area (Å²) in [4.78, 5) is 2.59. The van der Waals surface area contributed by atoms with Crippen LogP contribution in [0, 0.1) is 11.8 Å². The van der Waals surface area contributed by atoms with E-state index in [2.05, 4.69) is 133 Å². The van der Waals surface area contributed by atoms with E-state index in [0.29, 0.717) is 12.0 Å². The highest BCUT2D eigenvalue weighted by molar-refractivity contribution is 9.10. The Morgan fingerprint density at radius 2 is 1.51 bits per heavy atom. The lowest BCUT2D eigenvalue weighted by Gasteiger charge is -2.57. The van der Waals surface area contributed by atoms with Gasteiger partial charge >= 0.3 is 0 Å². The molecule has 0 aromatic heterocycles. The molecule has 1 saturated carbocycles. The highest BCUT2D eigenvalue weighted by Gasteiger charge is 2.50. The summed E-state index contributed by atoms with van der Waals surface area (Å²) in [7, 11) is 0. The first-order valence-electron chi connectivity index (χ1n) is 12.9. The fraction of sp³-hybridized carbons (Fsp3) is 0.375. The van der Waals surface area contributed by atoms with Crippen molar-refractivity contribution < 1.29 is 4.74 Å². The van der Waals surface area contributed by atoms with Gasteiger partial charge in [-0.25, -0.2) is 0 Å². The maximum Gasteiger partial charge on any atom is 0.138 e. The Bertz CT molecular complexity index is 1110. The van der Waals surface area contributed by atoms with E-state index in [1.54, 1.807) is 0 Å². The Morgan fingerprint density at radius 1 is 0.914 bits per heavy atom. The van der Waals surface area contributed by atoms with Crippen LogP contribution < -0.4 is 0 Å². The molecular formula is C32H36BrNO. The van der Waals surface area contributed by atoms with Crippen molar-refractivity contribution in [2.75, 3.05) is 6.54 Å². The van der Waals surface area contributed by atoms with Gasteiger partial charge in [-0.05, 0) is 55.4 Å². The summed E-state index contributed by atoms with van der Waals surface area (Å²) in [5.41, 5.74) is 4.99. The van der Waals surface area contributed by atoms with Crippen LogP contribution in [0.3, 0.4) is 0 Å². The molecular weight excluding hydrogens is 494 g/mol. The summed E-state index contributed by atoms with van der Waals surface area (Å²) in [5, 5.41) is 0. The Kier molecular flexibility index (Phi) is 7.29. The monoisotopic (exact) mass is 529 g/mol. The summed E-state index contributed by atoms with van der Waals surface area (Å²) in [6, 6.07) is 30.0. The van der Waals surface area contributed by atoms with Gasteiger partial charge in [0.05, 0.1) is 6.10 Å². The van der Waals surface area contributed by atoms with Crippen molar-refractivity contribution in [2.45, 2.75) is 57.9 Å². The summed E-state index contributed by atoms with van der Waals surface area (Å²) in [5.74, 6) is 1.25. The average molecular weight is 531 g/mol. The number of ether oxygens (including phenoxy) is 1. The van der Waals surface area contributed by atoms with Crippen molar-refractivity contribution in [1.29, 1.82) is 0 Å². The maximum absolute atomic E-state index is 6.99. The lowest BCUT2D eigenvalue weighted by Crippen LogP contribution is -2.61. The maximum atomic E-state index is 6.99. The van der Waals surface area contributed by atoms with Gasteiger partial charge in [0.25, 0.3) is 0 Å². The lowest BCUT2D eigenvalue weighted by molar-refractivity contribution is -0.234. The Labute approximate surface area is 219 Å². The largest absolute Gasteiger partial charge is 0.355 e. The minimum atomic E-state index is -0.0869. The lowest BCUT2D eigenvalue weighted by atomic mass is 9.69. The van der Waals surface area contributed by atoms with E-state index < -0.39 is 0 Å². The van der Waals surface area contributed by atoms with Crippen molar-refractivity contribution in [1.82, 2.24) is 4.90 Å². The zero-order valence-electron chi connectivity index (χ0n) is 21.0. The highest BCUT2D eigenvalue weighted by Crippen LogP contribution is 2.49. The number of hydrogen-bond acceptors (Lipinski definition) is 2. The van der Waals surface area contributed by atoms with Gasteiger partial charge in [0.2, 0.25) is 0 Å². The minimum absolute atomic E-state index is 0.0119. The molecule has 3 heteroatoms. The fourth-order valence-electron chi connectivity index (χ4n) is 6.12. The molecule has 182 valence electrons. The molecule has 35 heavy (non-hydrogen) atoms. The van der Waals surface area contributed by atoms with Crippen molar-refractivity contribution in [3.63, 3.8) is 0 Å². The van der Waals surface area contributed by atoms with Crippen molar-refractivity contribution in [3.05, 3.63) is 112 Å². The van der Waals surface area contributed by atoms with Gasteiger partial charge in [-0.2, -0.15) is 0 Å². The zero-order chi connectivity index (χ0) is 24.4. The van der Waals surface area contributed by atoms with Crippen LogP contribution in [0.5, 0.6) is 0 Å². The van der Waals surface area contributed by atoms with E-state index in [-0.39, 0.29) is 11.8 Å². The van der Waals surface area contributed by atoms with Gasteiger partial charge in [-0.3, -0.25) is 4.90 Å². The van der Waals surface area contributed by atoms with Crippen LogP contribution in [0.15, 0.2) is 95.5 Å². The normalized spacial score (nSPS) is 26.1. The second kappa shape index (κ2) is 10.4. The summed E-state index contributed by atoms with van der Waals surface area (Å²) in [6.07, 6.45) is 6.29. The van der Waals surface area contributed by atoms with Crippen LogP contribution in [-0.2, 0) is 4.74 Å². The molecule has 1 saturated heterocycles. The number of fused-ring (bicyclic) bond motifs is 1. The molecule has 0 N–H and O–H groups in total. The van der Waals surface area contributed by atoms with E-state index in [0.717, 1.165) is 23.4 Å². The van der Waals surface area contributed by atoms with Gasteiger partial charge in [0.15, 0.2) is 0 Å². The number of hydrogen-bond donors (Lipinski definition) is 0. The molecule has 0 radical (unpaired) electrons. The van der Waals surface area contributed by atoms with Gasteiger partial charge < -0.3 is 4.74 Å². The third kappa shape index (κ3) is 5.05. The third-order valence-corrected chi connectivity index (χ3v) is 8.84. The number of benzene rings is 3.